The molecule has 6 nitrogen and oxygen atoms in total. The number of hydrogen-bond acceptors (Lipinski definition) is 4. The van der Waals surface area contributed by atoms with E-state index in [4.69, 9.17) is 4.98 Å². The van der Waals surface area contributed by atoms with E-state index in [-0.39, 0.29) is 5.91 Å². The van der Waals surface area contributed by atoms with Crippen LogP contribution in [0.4, 0.5) is 5.82 Å². The normalized spacial score (nSPS) is 19.4. The van der Waals surface area contributed by atoms with E-state index in [1.807, 2.05) is 12.3 Å². The molecule has 1 atom stereocenters. The molecule has 1 saturated carbocycles. The molecule has 2 fully saturated rings. The Kier molecular flexibility index (Phi) is 7.12. The van der Waals surface area contributed by atoms with Gasteiger partial charge >= 0.3 is 0 Å². The van der Waals surface area contributed by atoms with Crippen molar-refractivity contribution in [1.29, 1.82) is 0 Å². The monoisotopic (exact) mass is 459 g/mol. The zero-order chi connectivity index (χ0) is 23.3. The fourth-order valence-corrected chi connectivity index (χ4v) is 5.96. The summed E-state index contributed by atoms with van der Waals surface area (Å²) >= 11 is 0. The van der Waals surface area contributed by atoms with Gasteiger partial charge in [0, 0.05) is 50.8 Å². The molecule has 1 aliphatic heterocycles. The number of fused-ring (bicyclic) bond motifs is 1. The van der Waals surface area contributed by atoms with Crippen LogP contribution in [0.15, 0.2) is 48.7 Å². The highest BCUT2D eigenvalue weighted by Crippen LogP contribution is 2.31. The Morgan fingerprint density at radius 3 is 2.65 bits per heavy atom. The summed E-state index contributed by atoms with van der Waals surface area (Å²) < 4.78 is 2.33. The molecular formula is C28H37N5O. The van der Waals surface area contributed by atoms with Crippen LogP contribution in [0.2, 0.25) is 0 Å². The van der Waals surface area contributed by atoms with Crippen molar-refractivity contribution in [2.24, 2.45) is 0 Å². The molecule has 34 heavy (non-hydrogen) atoms. The lowest BCUT2D eigenvalue weighted by molar-refractivity contribution is -0.134. The quantitative estimate of drug-likeness (QED) is 0.476. The van der Waals surface area contributed by atoms with Crippen LogP contribution in [-0.2, 0) is 11.3 Å². The Hall–Kier alpha value is -2.89. The van der Waals surface area contributed by atoms with Crippen LogP contribution in [0.25, 0.3) is 11.0 Å². The van der Waals surface area contributed by atoms with Gasteiger partial charge in [0.15, 0.2) is 0 Å². The van der Waals surface area contributed by atoms with Crippen LogP contribution in [0.3, 0.4) is 0 Å². The van der Waals surface area contributed by atoms with Gasteiger partial charge in [-0.1, -0.05) is 37.5 Å². The third kappa shape index (κ3) is 4.82. The van der Waals surface area contributed by atoms with E-state index in [0.717, 1.165) is 68.0 Å². The third-order valence-electron chi connectivity index (χ3n) is 7.67. The van der Waals surface area contributed by atoms with Crippen LogP contribution in [0, 0.1) is 0 Å². The smallest absolute Gasteiger partial charge is 0.224 e. The van der Waals surface area contributed by atoms with Crippen LogP contribution in [0.1, 0.15) is 70.0 Å². The van der Waals surface area contributed by atoms with Crippen molar-refractivity contribution in [3.8, 4) is 0 Å². The molecule has 0 N–H and O–H groups in total. The van der Waals surface area contributed by atoms with Gasteiger partial charge in [-0.2, -0.15) is 0 Å². The molecule has 2 aliphatic rings. The maximum atomic E-state index is 13.3. The number of nitrogens with zero attached hydrogens (tertiary/aromatic N) is 5. The summed E-state index contributed by atoms with van der Waals surface area (Å²) in [6.07, 6.45) is 10.8. The second kappa shape index (κ2) is 10.6. The van der Waals surface area contributed by atoms with E-state index in [9.17, 15) is 4.79 Å². The van der Waals surface area contributed by atoms with Gasteiger partial charge in [-0.15, -0.1) is 0 Å². The van der Waals surface area contributed by atoms with Crippen molar-refractivity contribution >= 4 is 22.8 Å². The average molecular weight is 460 g/mol. The molecule has 3 aromatic rings. The molecular weight excluding hydrogens is 422 g/mol. The predicted octanol–water partition coefficient (Wildman–Crippen LogP) is 5.39. The summed E-state index contributed by atoms with van der Waals surface area (Å²) in [5, 5.41) is 0. The molecule has 5 rings (SSSR count). The third-order valence-corrected chi connectivity index (χ3v) is 7.67. The van der Waals surface area contributed by atoms with Crippen LogP contribution in [0.5, 0.6) is 0 Å². The standard InChI is InChI=1S/C28H37N5O/c1-2-32(23-12-4-3-5-13-23)27(34)17-20-33-25-15-7-6-14-24(25)30-28(33)22-11-10-19-31(21-22)26-16-8-9-18-29-26/h6-9,14-16,18,22-23H,2-5,10-13,17,19-21H2,1H3. The first-order chi connectivity index (χ1) is 16.7. The number of carbonyl (C=O) groups excluding carboxylic acids is 1. The van der Waals surface area contributed by atoms with E-state index in [2.05, 4.69) is 62.7 Å². The van der Waals surface area contributed by atoms with Crippen LogP contribution >= 0.6 is 0 Å². The Morgan fingerprint density at radius 1 is 1.03 bits per heavy atom. The molecule has 2 aromatic heterocycles. The zero-order valence-corrected chi connectivity index (χ0v) is 20.4. The first-order valence-corrected chi connectivity index (χ1v) is 13.1. The molecule has 3 heterocycles. The van der Waals surface area contributed by atoms with Crippen molar-refractivity contribution in [1.82, 2.24) is 19.4 Å². The Morgan fingerprint density at radius 2 is 1.85 bits per heavy atom. The largest absolute Gasteiger partial charge is 0.356 e. The number of anilines is 1. The first kappa shape index (κ1) is 22.9. The highest BCUT2D eigenvalue weighted by atomic mass is 16.2. The highest BCUT2D eigenvalue weighted by Gasteiger charge is 2.28. The number of para-hydroxylation sites is 2. The number of pyridine rings is 1. The molecule has 6 heteroatoms. The molecule has 0 spiro atoms. The lowest BCUT2D eigenvalue weighted by Gasteiger charge is -2.34. The molecule has 1 aliphatic carbocycles. The van der Waals surface area contributed by atoms with Gasteiger partial charge in [-0.25, -0.2) is 9.97 Å². The predicted molar refractivity (Wildman–Crippen MR) is 137 cm³/mol. The molecule has 1 saturated heterocycles. The maximum Gasteiger partial charge on any atom is 0.224 e. The van der Waals surface area contributed by atoms with Crippen molar-refractivity contribution < 1.29 is 4.79 Å². The minimum absolute atomic E-state index is 0.289. The van der Waals surface area contributed by atoms with Gasteiger partial charge in [-0.05, 0) is 56.9 Å². The molecule has 1 aromatic carbocycles. The molecule has 0 bridgehead atoms. The van der Waals surface area contributed by atoms with Gasteiger partial charge in [0.1, 0.15) is 11.6 Å². The van der Waals surface area contributed by atoms with E-state index in [1.165, 1.54) is 19.3 Å². The summed E-state index contributed by atoms with van der Waals surface area (Å²) in [4.78, 5) is 27.5. The average Bonchev–Trinajstić information content (AvgIpc) is 3.28. The van der Waals surface area contributed by atoms with E-state index in [1.54, 1.807) is 0 Å². The molecule has 1 unspecified atom stereocenters. The fourth-order valence-electron chi connectivity index (χ4n) is 5.96. The lowest BCUT2D eigenvalue weighted by atomic mass is 9.94. The van der Waals surface area contributed by atoms with Crippen molar-refractivity contribution in [2.45, 2.75) is 76.8 Å². The summed E-state index contributed by atoms with van der Waals surface area (Å²) in [6.45, 7) is 5.57. The van der Waals surface area contributed by atoms with Gasteiger partial charge in [0.2, 0.25) is 5.91 Å². The van der Waals surface area contributed by atoms with Crippen LogP contribution < -0.4 is 4.90 Å². The number of rotatable bonds is 7. The Labute approximate surface area is 203 Å². The number of benzene rings is 1. The number of imidazole rings is 1. The van der Waals surface area contributed by atoms with Gasteiger partial charge in [0.25, 0.3) is 0 Å². The van der Waals surface area contributed by atoms with Gasteiger partial charge < -0.3 is 14.4 Å². The number of hydrogen-bond donors (Lipinski definition) is 0. The van der Waals surface area contributed by atoms with E-state index >= 15 is 0 Å². The van der Waals surface area contributed by atoms with Crippen molar-refractivity contribution in [2.75, 3.05) is 24.5 Å². The van der Waals surface area contributed by atoms with Crippen molar-refractivity contribution in [3.63, 3.8) is 0 Å². The summed E-state index contributed by atoms with van der Waals surface area (Å²) in [7, 11) is 0. The second-order valence-corrected chi connectivity index (χ2v) is 9.81. The summed E-state index contributed by atoms with van der Waals surface area (Å²) in [5.74, 6) is 2.78. The molecule has 1 amide bonds. The number of aromatic nitrogens is 3. The van der Waals surface area contributed by atoms with Gasteiger partial charge in [0.05, 0.1) is 11.0 Å². The fraction of sp³-hybridized carbons (Fsp3) is 0.536. The highest BCUT2D eigenvalue weighted by molar-refractivity contribution is 5.78. The summed E-state index contributed by atoms with van der Waals surface area (Å²) in [6, 6.07) is 14.9. The first-order valence-electron chi connectivity index (χ1n) is 13.1. The minimum atomic E-state index is 0.289. The second-order valence-electron chi connectivity index (χ2n) is 9.81. The van der Waals surface area contributed by atoms with Gasteiger partial charge in [-0.3, -0.25) is 4.79 Å². The van der Waals surface area contributed by atoms with E-state index in [0.29, 0.717) is 24.9 Å². The number of carbonyl (C=O) groups is 1. The maximum absolute atomic E-state index is 13.3. The van der Waals surface area contributed by atoms with Crippen LogP contribution in [-0.4, -0.2) is 51.0 Å². The van der Waals surface area contributed by atoms with Crippen molar-refractivity contribution in [3.05, 3.63) is 54.5 Å². The van der Waals surface area contributed by atoms with E-state index < -0.39 is 0 Å². The number of piperidine rings is 1. The zero-order valence-electron chi connectivity index (χ0n) is 20.4. The Balaban J connectivity index is 1.36. The summed E-state index contributed by atoms with van der Waals surface area (Å²) in [5.41, 5.74) is 2.17. The SMILES string of the molecule is CCN(C(=O)CCn1c(C2CCCN(c3ccccn3)C2)nc2ccccc21)C1CCCCC1. The minimum Gasteiger partial charge on any atom is -0.356 e. The number of amides is 1. The molecule has 180 valence electrons. The topological polar surface area (TPSA) is 54.3 Å². The molecule has 0 radical (unpaired) electrons. The lowest BCUT2D eigenvalue weighted by Crippen LogP contribution is -2.41. The Bertz CT molecular complexity index is 1090. The number of aryl methyl sites for hydroxylation is 1.